The van der Waals surface area contributed by atoms with Crippen LogP contribution in [0.4, 0.5) is 0 Å². The highest BCUT2D eigenvalue weighted by Gasteiger charge is 2.22. The van der Waals surface area contributed by atoms with Crippen molar-refractivity contribution < 1.29 is 4.79 Å². The number of Topliss-reactive ketones (excluding diaryl/α,β-unsaturated/α-hetero) is 1. The van der Waals surface area contributed by atoms with Crippen LogP contribution in [-0.4, -0.2) is 34.9 Å². The third-order valence-electron chi connectivity index (χ3n) is 5.68. The van der Waals surface area contributed by atoms with Crippen molar-refractivity contribution in [2.75, 3.05) is 19.6 Å². The first kappa shape index (κ1) is 17.9. The number of nitrogens with zero attached hydrogens (tertiary/aromatic N) is 2. The molecule has 0 N–H and O–H groups in total. The van der Waals surface area contributed by atoms with Crippen LogP contribution in [0.2, 0.25) is 0 Å². The van der Waals surface area contributed by atoms with Gasteiger partial charge in [0.05, 0.1) is 6.54 Å². The smallest absolute Gasteiger partial charge is 0.178 e. The molecule has 3 rings (SSSR count). The predicted octanol–water partition coefficient (Wildman–Crippen LogP) is 4.71. The highest BCUT2D eigenvalue weighted by Crippen LogP contribution is 2.23. The van der Waals surface area contributed by atoms with E-state index in [9.17, 15) is 4.79 Å². The largest absolute Gasteiger partial charge is 0.318 e. The second-order valence-corrected chi connectivity index (χ2v) is 7.51. The van der Waals surface area contributed by atoms with Crippen molar-refractivity contribution in [2.24, 2.45) is 5.92 Å². The third kappa shape index (κ3) is 3.87. The van der Waals surface area contributed by atoms with Gasteiger partial charge in [-0.15, -0.1) is 0 Å². The Labute approximate surface area is 151 Å². The summed E-state index contributed by atoms with van der Waals surface area (Å²) in [7, 11) is 0. The summed E-state index contributed by atoms with van der Waals surface area (Å²) in [6.45, 7) is 11.2. The Morgan fingerprint density at radius 1 is 1.08 bits per heavy atom. The normalized spacial score (nSPS) is 16.3. The van der Waals surface area contributed by atoms with Crippen molar-refractivity contribution in [2.45, 2.75) is 47.0 Å². The van der Waals surface area contributed by atoms with E-state index in [4.69, 9.17) is 0 Å². The molecule has 0 radical (unpaired) electrons. The predicted molar refractivity (Wildman–Crippen MR) is 104 cm³/mol. The minimum atomic E-state index is 0.251. The molecule has 0 spiro atoms. The summed E-state index contributed by atoms with van der Waals surface area (Å²) >= 11 is 0. The molecule has 3 nitrogen and oxygen atoms in total. The van der Waals surface area contributed by atoms with Crippen LogP contribution in [0.1, 0.15) is 53.5 Å². The van der Waals surface area contributed by atoms with Crippen LogP contribution >= 0.6 is 0 Å². The van der Waals surface area contributed by atoms with Crippen molar-refractivity contribution in [3.8, 4) is 5.69 Å². The second-order valence-electron chi connectivity index (χ2n) is 7.51. The summed E-state index contributed by atoms with van der Waals surface area (Å²) < 4.78 is 2.19. The zero-order valence-electron chi connectivity index (χ0n) is 16.0. The fraction of sp³-hybridized carbons (Fsp3) is 0.500. The van der Waals surface area contributed by atoms with Gasteiger partial charge in [0.15, 0.2) is 5.78 Å². The van der Waals surface area contributed by atoms with Gasteiger partial charge in [0.2, 0.25) is 0 Å². The average molecular weight is 338 g/mol. The van der Waals surface area contributed by atoms with Crippen LogP contribution in [0, 0.1) is 26.7 Å². The highest BCUT2D eigenvalue weighted by molar-refractivity contribution is 5.99. The van der Waals surface area contributed by atoms with Gasteiger partial charge in [-0.05, 0) is 70.8 Å². The fourth-order valence-corrected chi connectivity index (χ4v) is 3.98. The summed E-state index contributed by atoms with van der Waals surface area (Å²) in [6, 6.07) is 10.5. The van der Waals surface area contributed by atoms with Crippen molar-refractivity contribution >= 4 is 5.78 Å². The summed E-state index contributed by atoms with van der Waals surface area (Å²) in [6.07, 6.45) is 3.72. The lowest BCUT2D eigenvalue weighted by Gasteiger charge is -2.30. The van der Waals surface area contributed by atoms with Gasteiger partial charge in [0.25, 0.3) is 0 Å². The molecule has 134 valence electrons. The number of hydrogen-bond donors (Lipinski definition) is 0. The van der Waals surface area contributed by atoms with Crippen LogP contribution < -0.4 is 0 Å². The number of aryl methyl sites for hydroxylation is 2. The van der Waals surface area contributed by atoms with E-state index in [1.807, 2.05) is 0 Å². The Balaban J connectivity index is 1.76. The molecule has 1 fully saturated rings. The molecular weight excluding hydrogens is 308 g/mol. The lowest BCUT2D eigenvalue weighted by atomic mass is 9.94. The summed E-state index contributed by atoms with van der Waals surface area (Å²) in [4.78, 5) is 15.2. The number of benzene rings is 1. The van der Waals surface area contributed by atoms with E-state index < -0.39 is 0 Å². The molecular formula is C22H30N2O. The zero-order valence-corrected chi connectivity index (χ0v) is 16.0. The molecule has 0 amide bonds. The number of rotatable bonds is 5. The van der Waals surface area contributed by atoms with Gasteiger partial charge in [-0.2, -0.15) is 0 Å². The number of likely N-dealkylation sites (tertiary alicyclic amines) is 1. The maximum Gasteiger partial charge on any atom is 0.178 e. The third-order valence-corrected chi connectivity index (χ3v) is 5.68. The minimum Gasteiger partial charge on any atom is -0.318 e. The van der Waals surface area contributed by atoms with Gasteiger partial charge in [-0.1, -0.05) is 31.0 Å². The number of ketones is 1. The lowest BCUT2D eigenvalue weighted by Crippen LogP contribution is -2.37. The Morgan fingerprint density at radius 2 is 1.72 bits per heavy atom. The highest BCUT2D eigenvalue weighted by atomic mass is 16.1. The van der Waals surface area contributed by atoms with E-state index >= 15 is 0 Å². The molecule has 3 heteroatoms. The molecule has 2 aromatic rings. The van der Waals surface area contributed by atoms with Crippen LogP contribution in [-0.2, 0) is 0 Å². The van der Waals surface area contributed by atoms with E-state index in [1.165, 1.54) is 24.8 Å². The van der Waals surface area contributed by atoms with Crippen molar-refractivity contribution in [3.05, 3.63) is 52.8 Å². The molecule has 0 bridgehead atoms. The van der Waals surface area contributed by atoms with Crippen molar-refractivity contribution in [1.82, 2.24) is 9.47 Å². The summed E-state index contributed by atoms with van der Waals surface area (Å²) in [5.41, 5.74) is 5.42. The molecule has 2 heterocycles. The molecule has 1 aromatic carbocycles. The second kappa shape index (κ2) is 7.57. The van der Waals surface area contributed by atoms with Gasteiger partial charge >= 0.3 is 0 Å². The summed E-state index contributed by atoms with van der Waals surface area (Å²) in [5, 5.41) is 0. The maximum absolute atomic E-state index is 12.9. The standard InChI is InChI=1S/C22H30N2O/c1-5-19-10-12-23(13-11-19)15-22(25)21-14-17(3)24(18(21)4)20-8-6-16(2)7-9-20/h6-9,14,19H,5,10-13,15H2,1-4H3. The van der Waals surface area contributed by atoms with Crippen LogP contribution in [0.25, 0.3) is 5.69 Å². The van der Waals surface area contributed by atoms with Gasteiger partial charge in [0, 0.05) is 22.6 Å². The van der Waals surface area contributed by atoms with Gasteiger partial charge in [-0.25, -0.2) is 0 Å². The van der Waals surface area contributed by atoms with E-state index in [2.05, 4.69) is 67.5 Å². The first-order valence-electron chi connectivity index (χ1n) is 9.51. The molecule has 1 aromatic heterocycles. The quantitative estimate of drug-likeness (QED) is 0.738. The Kier molecular flexibility index (Phi) is 5.43. The monoisotopic (exact) mass is 338 g/mol. The van der Waals surface area contributed by atoms with E-state index in [-0.39, 0.29) is 5.78 Å². The molecule has 0 atom stereocenters. The minimum absolute atomic E-state index is 0.251. The first-order chi connectivity index (χ1) is 12.0. The van der Waals surface area contributed by atoms with E-state index in [1.54, 1.807) is 0 Å². The molecule has 25 heavy (non-hydrogen) atoms. The number of carbonyl (C=O) groups excluding carboxylic acids is 1. The lowest BCUT2D eigenvalue weighted by molar-refractivity contribution is 0.0894. The number of carbonyl (C=O) groups is 1. The molecule has 0 saturated carbocycles. The van der Waals surface area contributed by atoms with E-state index in [0.29, 0.717) is 6.54 Å². The Bertz CT molecular complexity index is 734. The molecule has 1 aliphatic heterocycles. The van der Waals surface area contributed by atoms with E-state index in [0.717, 1.165) is 41.6 Å². The summed E-state index contributed by atoms with van der Waals surface area (Å²) in [5.74, 6) is 1.10. The zero-order chi connectivity index (χ0) is 18.0. The van der Waals surface area contributed by atoms with Gasteiger partial charge in [-0.3, -0.25) is 9.69 Å². The van der Waals surface area contributed by atoms with Gasteiger partial charge in [0.1, 0.15) is 0 Å². The molecule has 1 aliphatic rings. The number of piperidine rings is 1. The molecule has 1 saturated heterocycles. The van der Waals surface area contributed by atoms with Crippen molar-refractivity contribution in [3.63, 3.8) is 0 Å². The van der Waals surface area contributed by atoms with Crippen LogP contribution in [0.15, 0.2) is 30.3 Å². The molecule has 0 aliphatic carbocycles. The van der Waals surface area contributed by atoms with Crippen molar-refractivity contribution in [1.29, 1.82) is 0 Å². The Hall–Kier alpha value is -1.87. The fourth-order valence-electron chi connectivity index (χ4n) is 3.98. The maximum atomic E-state index is 12.9. The number of aromatic nitrogens is 1. The Morgan fingerprint density at radius 3 is 2.32 bits per heavy atom. The average Bonchev–Trinajstić information content (AvgIpc) is 2.91. The topological polar surface area (TPSA) is 25.2 Å². The van der Waals surface area contributed by atoms with Gasteiger partial charge < -0.3 is 4.57 Å². The first-order valence-corrected chi connectivity index (χ1v) is 9.51. The van der Waals surface area contributed by atoms with Crippen LogP contribution in [0.3, 0.4) is 0 Å². The SMILES string of the molecule is CCC1CCN(CC(=O)c2cc(C)n(-c3ccc(C)cc3)c2C)CC1. The molecule has 0 unspecified atom stereocenters. The van der Waals surface area contributed by atoms with Crippen LogP contribution in [0.5, 0.6) is 0 Å². The number of hydrogen-bond acceptors (Lipinski definition) is 2.